The summed E-state index contributed by atoms with van der Waals surface area (Å²) in [5, 5.41) is 10.9. The standard InChI is InChI=1S/C12H15N3O3/c1-14-6-7-15(12(18)13-8-11(16)17)10-5-3-2-4-9(10)14/h2-5H,6-8H2,1H3,(H,13,18)(H,16,17). The molecule has 0 aliphatic carbocycles. The van der Waals surface area contributed by atoms with E-state index in [-0.39, 0.29) is 12.6 Å². The minimum Gasteiger partial charge on any atom is -0.480 e. The zero-order valence-corrected chi connectivity index (χ0v) is 10.1. The third-order valence-corrected chi connectivity index (χ3v) is 2.88. The number of fused-ring (bicyclic) bond motifs is 1. The second kappa shape index (κ2) is 4.95. The maximum Gasteiger partial charge on any atom is 0.323 e. The van der Waals surface area contributed by atoms with Crippen LogP contribution in [0.5, 0.6) is 0 Å². The van der Waals surface area contributed by atoms with E-state index in [2.05, 4.69) is 10.2 Å². The molecule has 0 radical (unpaired) electrons. The average Bonchev–Trinajstić information content (AvgIpc) is 2.37. The molecular formula is C12H15N3O3. The first-order chi connectivity index (χ1) is 8.59. The van der Waals surface area contributed by atoms with Crippen molar-refractivity contribution in [3.8, 4) is 0 Å². The van der Waals surface area contributed by atoms with Crippen molar-refractivity contribution in [2.45, 2.75) is 0 Å². The number of hydrogen-bond donors (Lipinski definition) is 2. The Hall–Kier alpha value is -2.24. The Morgan fingerprint density at radius 3 is 2.61 bits per heavy atom. The summed E-state index contributed by atoms with van der Waals surface area (Å²) < 4.78 is 0. The van der Waals surface area contributed by atoms with Crippen LogP contribution in [0.1, 0.15) is 0 Å². The van der Waals surface area contributed by atoms with Crippen molar-refractivity contribution in [1.82, 2.24) is 5.32 Å². The number of nitrogens with zero attached hydrogens (tertiary/aromatic N) is 2. The van der Waals surface area contributed by atoms with Crippen molar-refractivity contribution in [2.24, 2.45) is 0 Å². The Kier molecular flexibility index (Phi) is 3.36. The van der Waals surface area contributed by atoms with Crippen molar-refractivity contribution in [3.63, 3.8) is 0 Å². The molecule has 0 unspecified atom stereocenters. The monoisotopic (exact) mass is 249 g/mol. The number of carbonyl (C=O) groups excluding carboxylic acids is 1. The molecule has 2 N–H and O–H groups in total. The van der Waals surface area contributed by atoms with Gasteiger partial charge in [0, 0.05) is 20.1 Å². The molecule has 0 spiro atoms. The molecule has 2 amide bonds. The summed E-state index contributed by atoms with van der Waals surface area (Å²) in [7, 11) is 1.96. The van der Waals surface area contributed by atoms with Crippen LogP contribution in [-0.2, 0) is 4.79 Å². The summed E-state index contributed by atoms with van der Waals surface area (Å²) in [6.45, 7) is 0.893. The number of para-hydroxylation sites is 2. The largest absolute Gasteiger partial charge is 0.480 e. The van der Waals surface area contributed by atoms with Crippen LogP contribution in [0.3, 0.4) is 0 Å². The van der Waals surface area contributed by atoms with Gasteiger partial charge in [-0.15, -0.1) is 0 Å². The lowest BCUT2D eigenvalue weighted by atomic mass is 10.2. The molecule has 1 heterocycles. The van der Waals surface area contributed by atoms with Crippen molar-refractivity contribution in [1.29, 1.82) is 0 Å². The van der Waals surface area contributed by atoms with E-state index < -0.39 is 5.97 Å². The molecule has 2 rings (SSSR count). The number of rotatable bonds is 2. The highest BCUT2D eigenvalue weighted by Gasteiger charge is 2.24. The summed E-state index contributed by atoms with van der Waals surface area (Å²) in [6, 6.07) is 7.18. The summed E-state index contributed by atoms with van der Waals surface area (Å²) in [4.78, 5) is 26.0. The fraction of sp³-hybridized carbons (Fsp3) is 0.333. The minimum atomic E-state index is -1.05. The van der Waals surface area contributed by atoms with Gasteiger partial charge in [-0.05, 0) is 12.1 Å². The maximum absolute atomic E-state index is 11.9. The van der Waals surface area contributed by atoms with E-state index in [1.54, 1.807) is 4.90 Å². The molecule has 0 saturated carbocycles. The molecule has 0 bridgehead atoms. The third kappa shape index (κ3) is 2.37. The number of carbonyl (C=O) groups is 2. The maximum atomic E-state index is 11.9. The summed E-state index contributed by atoms with van der Waals surface area (Å²) in [6.07, 6.45) is 0. The molecule has 1 aromatic carbocycles. The third-order valence-electron chi connectivity index (χ3n) is 2.88. The minimum absolute atomic E-state index is 0.368. The van der Waals surface area contributed by atoms with Crippen molar-refractivity contribution < 1.29 is 14.7 Å². The van der Waals surface area contributed by atoms with E-state index in [9.17, 15) is 9.59 Å². The van der Waals surface area contributed by atoms with Gasteiger partial charge in [0.1, 0.15) is 6.54 Å². The fourth-order valence-corrected chi connectivity index (χ4v) is 1.96. The van der Waals surface area contributed by atoms with Crippen molar-refractivity contribution >= 4 is 23.4 Å². The van der Waals surface area contributed by atoms with E-state index in [0.29, 0.717) is 6.54 Å². The number of urea groups is 1. The van der Waals surface area contributed by atoms with E-state index in [1.165, 1.54) is 0 Å². The summed E-state index contributed by atoms with van der Waals surface area (Å²) >= 11 is 0. The number of anilines is 2. The van der Waals surface area contributed by atoms with Crippen LogP contribution < -0.4 is 15.1 Å². The summed E-state index contributed by atoms with van der Waals surface area (Å²) in [5.41, 5.74) is 1.77. The van der Waals surface area contributed by atoms with Gasteiger partial charge >= 0.3 is 12.0 Å². The first-order valence-electron chi connectivity index (χ1n) is 5.67. The topological polar surface area (TPSA) is 72.9 Å². The lowest BCUT2D eigenvalue weighted by Crippen LogP contribution is -2.48. The van der Waals surface area contributed by atoms with Gasteiger partial charge in [-0.1, -0.05) is 12.1 Å². The van der Waals surface area contributed by atoms with Crippen LogP contribution >= 0.6 is 0 Å². The van der Waals surface area contributed by atoms with Crippen LogP contribution in [0.4, 0.5) is 16.2 Å². The van der Waals surface area contributed by atoms with Gasteiger partial charge in [-0.2, -0.15) is 0 Å². The van der Waals surface area contributed by atoms with E-state index in [4.69, 9.17) is 5.11 Å². The van der Waals surface area contributed by atoms with E-state index in [0.717, 1.165) is 17.9 Å². The van der Waals surface area contributed by atoms with Crippen LogP contribution in [-0.4, -0.2) is 43.8 Å². The van der Waals surface area contributed by atoms with E-state index in [1.807, 2.05) is 31.3 Å². The number of benzene rings is 1. The molecule has 0 saturated heterocycles. The Morgan fingerprint density at radius 1 is 1.28 bits per heavy atom. The number of amides is 2. The highest BCUT2D eigenvalue weighted by atomic mass is 16.4. The van der Waals surface area contributed by atoms with Crippen LogP contribution in [0.25, 0.3) is 0 Å². The lowest BCUT2D eigenvalue weighted by molar-refractivity contribution is -0.135. The molecule has 6 heteroatoms. The normalized spacial score (nSPS) is 14.1. The van der Waals surface area contributed by atoms with Gasteiger partial charge in [0.05, 0.1) is 11.4 Å². The van der Waals surface area contributed by atoms with Gasteiger partial charge in [-0.3, -0.25) is 9.69 Å². The Bertz CT molecular complexity index is 475. The van der Waals surface area contributed by atoms with Crippen molar-refractivity contribution in [3.05, 3.63) is 24.3 Å². The molecule has 0 fully saturated rings. The van der Waals surface area contributed by atoms with Gasteiger partial charge in [0.15, 0.2) is 0 Å². The van der Waals surface area contributed by atoms with Gasteiger partial charge in [0.2, 0.25) is 0 Å². The van der Waals surface area contributed by atoms with E-state index >= 15 is 0 Å². The SMILES string of the molecule is CN1CCN(C(=O)NCC(=O)O)c2ccccc21. The van der Waals surface area contributed by atoms with Crippen LogP contribution in [0.15, 0.2) is 24.3 Å². The van der Waals surface area contributed by atoms with Gasteiger partial charge < -0.3 is 15.3 Å². The zero-order chi connectivity index (χ0) is 13.1. The first-order valence-corrected chi connectivity index (χ1v) is 5.67. The smallest absolute Gasteiger partial charge is 0.323 e. The number of aliphatic carboxylic acids is 1. The Balaban J connectivity index is 2.18. The fourth-order valence-electron chi connectivity index (χ4n) is 1.96. The Morgan fingerprint density at radius 2 is 1.94 bits per heavy atom. The second-order valence-corrected chi connectivity index (χ2v) is 4.11. The number of likely N-dealkylation sites (N-methyl/N-ethyl adjacent to an activating group) is 1. The lowest BCUT2D eigenvalue weighted by Gasteiger charge is -2.35. The number of hydrogen-bond acceptors (Lipinski definition) is 3. The molecule has 18 heavy (non-hydrogen) atoms. The molecule has 1 aliphatic heterocycles. The highest BCUT2D eigenvalue weighted by molar-refractivity contribution is 5.97. The molecule has 0 atom stereocenters. The molecular weight excluding hydrogens is 234 g/mol. The number of carboxylic acid groups (broad SMARTS) is 1. The first kappa shape index (κ1) is 12.2. The van der Waals surface area contributed by atoms with Crippen LogP contribution in [0.2, 0.25) is 0 Å². The quantitative estimate of drug-likeness (QED) is 0.810. The average molecular weight is 249 g/mol. The molecule has 6 nitrogen and oxygen atoms in total. The Labute approximate surface area is 105 Å². The van der Waals surface area contributed by atoms with Gasteiger partial charge in [-0.25, -0.2) is 4.79 Å². The predicted molar refractivity (Wildman–Crippen MR) is 68.1 cm³/mol. The van der Waals surface area contributed by atoms with Crippen molar-refractivity contribution in [2.75, 3.05) is 36.5 Å². The highest BCUT2D eigenvalue weighted by Crippen LogP contribution is 2.31. The molecule has 1 aromatic rings. The molecule has 96 valence electrons. The van der Waals surface area contributed by atoms with Crippen LogP contribution in [0, 0.1) is 0 Å². The van der Waals surface area contributed by atoms with Gasteiger partial charge in [0.25, 0.3) is 0 Å². The number of nitrogens with one attached hydrogen (secondary N) is 1. The number of carboxylic acids is 1. The second-order valence-electron chi connectivity index (χ2n) is 4.11. The summed E-state index contributed by atoms with van der Waals surface area (Å²) in [5.74, 6) is -1.05. The zero-order valence-electron chi connectivity index (χ0n) is 10.1. The molecule has 1 aliphatic rings. The molecule has 0 aromatic heterocycles. The predicted octanol–water partition coefficient (Wildman–Crippen LogP) is 0.737.